The Balaban J connectivity index is 1.55. The number of carbonyl (C=O) groups is 3. The summed E-state index contributed by atoms with van der Waals surface area (Å²) < 4.78 is 0. The summed E-state index contributed by atoms with van der Waals surface area (Å²) in [5.74, 6) is -0.689. The molecule has 0 bridgehead atoms. The molecule has 2 aromatic rings. The summed E-state index contributed by atoms with van der Waals surface area (Å²) in [4.78, 5) is 34.4. The zero-order valence-corrected chi connectivity index (χ0v) is 15.4. The van der Waals surface area contributed by atoms with Crippen molar-refractivity contribution >= 4 is 23.2 Å². The van der Waals surface area contributed by atoms with Crippen molar-refractivity contribution in [2.75, 3.05) is 6.54 Å². The molecule has 1 heterocycles. The Morgan fingerprint density at radius 1 is 0.929 bits per heavy atom. The molecule has 5 nitrogen and oxygen atoms in total. The summed E-state index contributed by atoms with van der Waals surface area (Å²) >= 11 is 0. The first-order chi connectivity index (χ1) is 13.5. The number of Topliss-reactive ketones (excluding diaryl/α,β-unsaturated/α-hetero) is 1. The molecule has 1 aliphatic carbocycles. The zero-order valence-electron chi connectivity index (χ0n) is 15.4. The van der Waals surface area contributed by atoms with Crippen molar-refractivity contribution in [1.29, 1.82) is 0 Å². The average molecular weight is 375 g/mol. The van der Waals surface area contributed by atoms with Gasteiger partial charge in [0.15, 0.2) is 5.78 Å². The van der Waals surface area contributed by atoms with Crippen LogP contribution in [0.15, 0.2) is 54.1 Å². The van der Waals surface area contributed by atoms with Gasteiger partial charge < -0.3 is 10.4 Å². The van der Waals surface area contributed by atoms with Gasteiger partial charge in [0.1, 0.15) is 0 Å². The van der Waals surface area contributed by atoms with Crippen molar-refractivity contribution in [3.63, 3.8) is 0 Å². The Morgan fingerprint density at radius 3 is 2.11 bits per heavy atom. The number of carboxylic acid groups (broad SMARTS) is 1. The van der Waals surface area contributed by atoms with Crippen LogP contribution >= 0.6 is 0 Å². The largest absolute Gasteiger partial charge is 0.481 e. The van der Waals surface area contributed by atoms with Gasteiger partial charge in [0.2, 0.25) is 5.91 Å². The number of nitrogens with one attached hydrogen (secondary N) is 1. The van der Waals surface area contributed by atoms with E-state index < -0.39 is 5.97 Å². The van der Waals surface area contributed by atoms with Crippen LogP contribution in [-0.4, -0.2) is 29.3 Å². The van der Waals surface area contributed by atoms with Crippen molar-refractivity contribution in [2.24, 2.45) is 0 Å². The van der Waals surface area contributed by atoms with Crippen LogP contribution in [0.1, 0.15) is 42.7 Å². The summed E-state index contributed by atoms with van der Waals surface area (Å²) in [6.07, 6.45) is 1.32. The number of carbonyl (C=O) groups excluding carboxylic acids is 2. The minimum absolute atomic E-state index is 0.0584. The molecule has 2 N–H and O–H groups in total. The Labute approximate surface area is 163 Å². The molecule has 1 atom stereocenters. The summed E-state index contributed by atoms with van der Waals surface area (Å²) in [6.45, 7) is 0.694. The summed E-state index contributed by atoms with van der Waals surface area (Å²) in [6, 6.07) is 16.2. The third kappa shape index (κ3) is 3.60. The van der Waals surface area contributed by atoms with Crippen LogP contribution in [0.4, 0.5) is 0 Å². The molecular weight excluding hydrogens is 354 g/mol. The first-order valence-corrected chi connectivity index (χ1v) is 9.46. The second-order valence-electron chi connectivity index (χ2n) is 7.36. The maximum Gasteiger partial charge on any atom is 0.307 e. The number of hydrogen-bond acceptors (Lipinski definition) is 3. The van der Waals surface area contributed by atoms with Gasteiger partial charge in [0, 0.05) is 30.9 Å². The minimum atomic E-state index is -0.973. The van der Waals surface area contributed by atoms with Crippen molar-refractivity contribution < 1.29 is 19.5 Å². The molecule has 0 saturated carbocycles. The van der Waals surface area contributed by atoms with E-state index in [-0.39, 0.29) is 24.0 Å². The molecule has 0 radical (unpaired) electrons. The van der Waals surface area contributed by atoms with E-state index in [1.165, 1.54) is 0 Å². The molecule has 1 fully saturated rings. The minimum Gasteiger partial charge on any atom is -0.481 e. The van der Waals surface area contributed by atoms with Gasteiger partial charge in [-0.15, -0.1) is 0 Å². The molecule has 5 heteroatoms. The van der Waals surface area contributed by atoms with E-state index in [9.17, 15) is 14.4 Å². The van der Waals surface area contributed by atoms with Gasteiger partial charge in [-0.1, -0.05) is 48.5 Å². The van der Waals surface area contributed by atoms with E-state index in [4.69, 9.17) is 5.11 Å². The molecule has 1 aliphatic heterocycles. The monoisotopic (exact) mass is 375 g/mol. The fraction of sp³-hybridized carbons (Fsp3) is 0.261. The quantitative estimate of drug-likeness (QED) is 0.837. The summed E-state index contributed by atoms with van der Waals surface area (Å²) in [7, 11) is 0. The molecule has 1 saturated heterocycles. The normalized spacial score (nSPS) is 19.2. The first-order valence-electron chi connectivity index (χ1n) is 9.46. The lowest BCUT2D eigenvalue weighted by molar-refractivity contribution is -0.136. The number of allylic oxidation sites excluding steroid dienone is 1. The van der Waals surface area contributed by atoms with Gasteiger partial charge >= 0.3 is 5.97 Å². The molecular formula is C23H21NO4. The van der Waals surface area contributed by atoms with Crippen LogP contribution < -0.4 is 5.32 Å². The lowest BCUT2D eigenvalue weighted by Crippen LogP contribution is -2.13. The van der Waals surface area contributed by atoms with E-state index >= 15 is 0 Å². The number of rotatable bonds is 5. The molecule has 0 aromatic heterocycles. The van der Waals surface area contributed by atoms with Crippen molar-refractivity contribution in [3.05, 3.63) is 65.2 Å². The van der Waals surface area contributed by atoms with Gasteiger partial charge in [-0.3, -0.25) is 14.4 Å². The lowest BCUT2D eigenvalue weighted by atomic mass is 9.94. The number of carboxylic acids is 1. The smallest absolute Gasteiger partial charge is 0.307 e. The van der Waals surface area contributed by atoms with Crippen molar-refractivity contribution in [1.82, 2.24) is 5.32 Å². The predicted molar refractivity (Wildman–Crippen MR) is 106 cm³/mol. The van der Waals surface area contributed by atoms with Gasteiger partial charge in [-0.2, -0.15) is 0 Å². The molecule has 28 heavy (non-hydrogen) atoms. The maximum absolute atomic E-state index is 12.0. The third-order valence-corrected chi connectivity index (χ3v) is 5.56. The molecule has 1 unspecified atom stereocenters. The second-order valence-corrected chi connectivity index (χ2v) is 7.36. The molecule has 1 amide bonds. The third-order valence-electron chi connectivity index (χ3n) is 5.56. The Bertz CT molecular complexity index is 971. The van der Waals surface area contributed by atoms with E-state index in [1.54, 1.807) is 0 Å². The first kappa shape index (κ1) is 18.2. The van der Waals surface area contributed by atoms with Gasteiger partial charge in [0.25, 0.3) is 0 Å². The van der Waals surface area contributed by atoms with E-state index in [2.05, 4.69) is 29.6 Å². The zero-order chi connectivity index (χ0) is 19.7. The standard InChI is InChI=1S/C23H21NO4/c25-21-10-9-19(20(21)12-23(27)28)17-7-5-15(6-8-17)14-1-3-16(4-2-14)18-11-22(26)24-13-18/h1-8,18H,9-13H2,(H,24,26)(H,27,28). The van der Waals surface area contributed by atoms with E-state index in [1.807, 2.05) is 24.3 Å². The SMILES string of the molecule is O=C(O)CC1=C(c2ccc(-c3ccc(C4CNC(=O)C4)cc3)cc2)CCC1=O. The predicted octanol–water partition coefficient (Wildman–Crippen LogP) is 3.55. The molecule has 2 aliphatic rings. The number of ketones is 1. The van der Waals surface area contributed by atoms with E-state index in [0.29, 0.717) is 31.4 Å². The number of aliphatic carboxylic acids is 1. The van der Waals surface area contributed by atoms with Crippen molar-refractivity contribution in [2.45, 2.75) is 31.6 Å². The number of benzene rings is 2. The highest BCUT2D eigenvalue weighted by Gasteiger charge is 2.26. The second kappa shape index (κ2) is 7.43. The lowest BCUT2D eigenvalue weighted by Gasteiger charge is -2.10. The Morgan fingerprint density at radius 2 is 1.54 bits per heavy atom. The van der Waals surface area contributed by atoms with Crippen LogP contribution in [-0.2, 0) is 14.4 Å². The molecule has 142 valence electrons. The van der Waals surface area contributed by atoms with Gasteiger partial charge in [-0.25, -0.2) is 0 Å². The highest BCUT2D eigenvalue weighted by Crippen LogP contribution is 2.34. The number of amides is 1. The Kier molecular flexibility index (Phi) is 4.82. The van der Waals surface area contributed by atoms with Crippen LogP contribution in [0.2, 0.25) is 0 Å². The number of hydrogen-bond donors (Lipinski definition) is 2. The van der Waals surface area contributed by atoms with Crippen LogP contribution in [0.25, 0.3) is 16.7 Å². The fourth-order valence-electron chi connectivity index (χ4n) is 4.04. The summed E-state index contributed by atoms with van der Waals surface area (Å²) in [5.41, 5.74) is 5.50. The highest BCUT2D eigenvalue weighted by molar-refractivity contribution is 6.09. The fourth-order valence-corrected chi connectivity index (χ4v) is 4.04. The maximum atomic E-state index is 12.0. The summed E-state index contributed by atoms with van der Waals surface area (Å²) in [5, 5.41) is 11.9. The molecule has 2 aromatic carbocycles. The van der Waals surface area contributed by atoms with Crippen LogP contribution in [0.3, 0.4) is 0 Å². The topological polar surface area (TPSA) is 83.5 Å². The van der Waals surface area contributed by atoms with Crippen molar-refractivity contribution in [3.8, 4) is 11.1 Å². The van der Waals surface area contributed by atoms with Gasteiger partial charge in [-0.05, 0) is 34.2 Å². The molecule has 0 spiro atoms. The Hall–Kier alpha value is -3.21. The van der Waals surface area contributed by atoms with E-state index in [0.717, 1.165) is 27.8 Å². The van der Waals surface area contributed by atoms with Gasteiger partial charge in [0.05, 0.1) is 6.42 Å². The molecule has 4 rings (SSSR count). The van der Waals surface area contributed by atoms with Crippen LogP contribution in [0, 0.1) is 0 Å². The highest BCUT2D eigenvalue weighted by atomic mass is 16.4. The average Bonchev–Trinajstić information content (AvgIpc) is 3.28. The van der Waals surface area contributed by atoms with Crippen LogP contribution in [0.5, 0.6) is 0 Å².